The molecule has 1 aromatic heterocycles. The van der Waals surface area contributed by atoms with Crippen LogP contribution < -0.4 is 0 Å². The van der Waals surface area contributed by atoms with Crippen LogP contribution in [0.5, 0.6) is 0 Å². The molecule has 20 heavy (non-hydrogen) atoms. The van der Waals surface area contributed by atoms with Gasteiger partial charge in [0.2, 0.25) is 0 Å². The molecule has 2 aliphatic heterocycles. The first-order chi connectivity index (χ1) is 9.45. The first-order valence-corrected chi connectivity index (χ1v) is 8.39. The number of nitriles is 1. The van der Waals surface area contributed by atoms with Crippen molar-refractivity contribution in [3.63, 3.8) is 0 Å². The van der Waals surface area contributed by atoms with Crippen LogP contribution in [0.3, 0.4) is 0 Å². The predicted molar refractivity (Wildman–Crippen MR) is 72.4 cm³/mol. The van der Waals surface area contributed by atoms with Gasteiger partial charge in [0.15, 0.2) is 9.84 Å². The zero-order valence-corrected chi connectivity index (χ0v) is 11.8. The van der Waals surface area contributed by atoms with E-state index in [1.165, 1.54) is 0 Å². The molecule has 0 amide bonds. The van der Waals surface area contributed by atoms with Gasteiger partial charge in [0, 0.05) is 0 Å². The number of aliphatic hydroxyl groups is 1. The van der Waals surface area contributed by atoms with Crippen molar-refractivity contribution in [2.45, 2.75) is 48.2 Å². The van der Waals surface area contributed by atoms with Crippen molar-refractivity contribution in [3.8, 4) is 6.07 Å². The molecule has 2 atom stereocenters. The second kappa shape index (κ2) is 4.54. The van der Waals surface area contributed by atoms with Crippen LogP contribution in [0.15, 0.2) is 18.2 Å². The van der Waals surface area contributed by atoms with Crippen molar-refractivity contribution in [3.05, 3.63) is 29.6 Å². The van der Waals surface area contributed by atoms with Gasteiger partial charge in [0.05, 0.1) is 16.2 Å². The second-order valence-electron chi connectivity index (χ2n) is 5.72. The molecule has 2 bridgehead atoms. The third-order valence-corrected chi connectivity index (χ3v) is 7.12. The Hall–Kier alpha value is -1.45. The maximum Gasteiger partial charge on any atom is 0.156 e. The summed E-state index contributed by atoms with van der Waals surface area (Å²) in [4.78, 5) is 4.16. The summed E-state index contributed by atoms with van der Waals surface area (Å²) in [5.74, 6) is 0. The highest BCUT2D eigenvalue weighted by atomic mass is 32.2. The SMILES string of the molecule is N#Cc1cccc(C2(O)CC3CCCC(C2)S3(=O)=O)n1. The highest BCUT2D eigenvalue weighted by Gasteiger charge is 2.51. The zero-order valence-electron chi connectivity index (χ0n) is 11.0. The summed E-state index contributed by atoms with van der Waals surface area (Å²) in [6.45, 7) is 0. The van der Waals surface area contributed by atoms with Crippen molar-refractivity contribution < 1.29 is 13.5 Å². The van der Waals surface area contributed by atoms with Gasteiger partial charge in [-0.3, -0.25) is 0 Å². The van der Waals surface area contributed by atoms with Crippen LogP contribution in [0.25, 0.3) is 0 Å². The maximum absolute atomic E-state index is 12.3. The van der Waals surface area contributed by atoms with Crippen LogP contribution in [0, 0.1) is 11.3 Å². The Morgan fingerprint density at radius 3 is 2.55 bits per heavy atom. The first kappa shape index (κ1) is 13.5. The van der Waals surface area contributed by atoms with E-state index in [1.54, 1.807) is 18.2 Å². The van der Waals surface area contributed by atoms with Crippen molar-refractivity contribution in [2.24, 2.45) is 0 Å². The summed E-state index contributed by atoms with van der Waals surface area (Å²) in [6.07, 6.45) is 2.50. The number of rotatable bonds is 1. The van der Waals surface area contributed by atoms with E-state index >= 15 is 0 Å². The molecule has 2 fully saturated rings. The quantitative estimate of drug-likeness (QED) is 0.841. The number of aromatic nitrogens is 1. The average Bonchev–Trinajstić information content (AvgIpc) is 2.41. The number of pyridine rings is 1. The van der Waals surface area contributed by atoms with E-state index in [-0.39, 0.29) is 18.5 Å². The molecule has 0 radical (unpaired) electrons. The van der Waals surface area contributed by atoms with Gasteiger partial charge in [-0.2, -0.15) is 5.26 Å². The van der Waals surface area contributed by atoms with E-state index < -0.39 is 25.9 Å². The van der Waals surface area contributed by atoms with Crippen molar-refractivity contribution in [1.82, 2.24) is 4.98 Å². The molecule has 2 saturated heterocycles. The zero-order chi connectivity index (χ0) is 14.4. The van der Waals surface area contributed by atoms with E-state index in [9.17, 15) is 13.5 Å². The standard InChI is InChI=1S/C14H16N2O3S/c15-9-10-3-1-6-13(16-10)14(17)7-11-4-2-5-12(8-14)20(11,18)19/h1,3,6,11-12,17H,2,4-5,7-8H2. The smallest absolute Gasteiger partial charge is 0.156 e. The molecule has 0 saturated carbocycles. The largest absolute Gasteiger partial charge is 0.383 e. The Kier molecular flexibility index (Phi) is 3.07. The Labute approximate surface area is 118 Å². The topological polar surface area (TPSA) is 91.0 Å². The van der Waals surface area contributed by atoms with E-state index in [4.69, 9.17) is 5.26 Å². The molecule has 5 nitrogen and oxygen atoms in total. The van der Waals surface area contributed by atoms with E-state index in [2.05, 4.69) is 4.98 Å². The van der Waals surface area contributed by atoms with Gasteiger partial charge < -0.3 is 5.11 Å². The van der Waals surface area contributed by atoms with Crippen LogP contribution in [-0.2, 0) is 15.4 Å². The number of hydrogen-bond donors (Lipinski definition) is 1. The summed E-state index contributed by atoms with van der Waals surface area (Å²) < 4.78 is 24.5. The fourth-order valence-electron chi connectivity index (χ4n) is 3.41. The lowest BCUT2D eigenvalue weighted by molar-refractivity contribution is 0.000943. The number of fused-ring (bicyclic) bond motifs is 2. The molecule has 1 aromatic rings. The minimum atomic E-state index is -3.11. The van der Waals surface area contributed by atoms with Gasteiger partial charge >= 0.3 is 0 Å². The van der Waals surface area contributed by atoms with Crippen molar-refractivity contribution in [2.75, 3.05) is 0 Å². The Balaban J connectivity index is 2.00. The molecule has 3 rings (SSSR count). The van der Waals surface area contributed by atoms with Crippen LogP contribution in [0.2, 0.25) is 0 Å². The second-order valence-corrected chi connectivity index (χ2v) is 8.24. The third kappa shape index (κ3) is 2.02. The van der Waals surface area contributed by atoms with Crippen molar-refractivity contribution >= 4 is 9.84 Å². The first-order valence-electron chi connectivity index (χ1n) is 6.78. The van der Waals surface area contributed by atoms with Crippen LogP contribution in [0.4, 0.5) is 0 Å². The lowest BCUT2D eigenvalue weighted by atomic mass is 9.83. The molecule has 0 spiro atoms. The molecule has 2 unspecified atom stereocenters. The normalized spacial score (nSPS) is 35.2. The molecule has 0 aromatic carbocycles. The number of sulfone groups is 1. The van der Waals surface area contributed by atoms with E-state index in [0.29, 0.717) is 18.5 Å². The lowest BCUT2D eigenvalue weighted by Gasteiger charge is -2.43. The molecule has 0 aliphatic carbocycles. The highest BCUT2D eigenvalue weighted by molar-refractivity contribution is 7.92. The van der Waals surface area contributed by atoms with Gasteiger partial charge in [-0.25, -0.2) is 13.4 Å². The van der Waals surface area contributed by atoms with Crippen LogP contribution >= 0.6 is 0 Å². The summed E-state index contributed by atoms with van der Waals surface area (Å²) in [5.41, 5.74) is -0.564. The van der Waals surface area contributed by atoms with Gasteiger partial charge in [0.25, 0.3) is 0 Å². The van der Waals surface area contributed by atoms with Gasteiger partial charge in [-0.05, 0) is 37.8 Å². The molecular weight excluding hydrogens is 276 g/mol. The molecule has 1 N–H and O–H groups in total. The summed E-state index contributed by atoms with van der Waals surface area (Å²) >= 11 is 0. The third-order valence-electron chi connectivity index (χ3n) is 4.45. The highest BCUT2D eigenvalue weighted by Crippen LogP contribution is 2.45. The fourth-order valence-corrected chi connectivity index (χ4v) is 5.96. The Morgan fingerprint density at radius 2 is 1.95 bits per heavy atom. The average molecular weight is 292 g/mol. The maximum atomic E-state index is 12.3. The van der Waals surface area contributed by atoms with Gasteiger partial charge in [0.1, 0.15) is 17.4 Å². The van der Waals surface area contributed by atoms with E-state index in [0.717, 1.165) is 6.42 Å². The molecule has 106 valence electrons. The van der Waals surface area contributed by atoms with Gasteiger partial charge in [-0.15, -0.1) is 0 Å². The van der Waals surface area contributed by atoms with Gasteiger partial charge in [-0.1, -0.05) is 12.5 Å². The summed E-state index contributed by atoms with van der Waals surface area (Å²) in [5, 5.41) is 18.8. The van der Waals surface area contributed by atoms with Crippen molar-refractivity contribution in [1.29, 1.82) is 5.26 Å². The summed E-state index contributed by atoms with van der Waals surface area (Å²) in [6, 6.07) is 6.88. The Morgan fingerprint density at radius 1 is 1.30 bits per heavy atom. The molecule has 3 heterocycles. The van der Waals surface area contributed by atoms with E-state index in [1.807, 2.05) is 6.07 Å². The fraction of sp³-hybridized carbons (Fsp3) is 0.571. The lowest BCUT2D eigenvalue weighted by Crippen LogP contribution is -2.50. The predicted octanol–water partition coefficient (Wildman–Crippen LogP) is 1.27. The number of nitrogens with zero attached hydrogens (tertiary/aromatic N) is 2. The number of hydrogen-bond acceptors (Lipinski definition) is 5. The monoisotopic (exact) mass is 292 g/mol. The molecular formula is C14H16N2O3S. The Bertz CT molecular complexity index is 658. The molecule has 6 heteroatoms. The van der Waals surface area contributed by atoms with Crippen LogP contribution in [0.1, 0.15) is 43.5 Å². The molecule has 2 aliphatic rings. The summed E-state index contributed by atoms with van der Waals surface area (Å²) in [7, 11) is -3.11. The van der Waals surface area contributed by atoms with Crippen LogP contribution in [-0.4, -0.2) is 29.0 Å². The minimum Gasteiger partial charge on any atom is -0.383 e. The minimum absolute atomic E-state index is 0.188.